The van der Waals surface area contributed by atoms with Crippen LogP contribution in [0.25, 0.3) is 11.0 Å². The molecular formula is C21H18ClNO6. The van der Waals surface area contributed by atoms with E-state index in [0.717, 1.165) is 5.56 Å². The molecular weight excluding hydrogens is 398 g/mol. The lowest BCUT2D eigenvalue weighted by Crippen LogP contribution is -2.43. The number of amides is 1. The maximum absolute atomic E-state index is 12.5. The Hall–Kier alpha value is -3.32. The zero-order valence-corrected chi connectivity index (χ0v) is 16.2. The van der Waals surface area contributed by atoms with Crippen LogP contribution in [0.1, 0.15) is 11.1 Å². The highest BCUT2D eigenvalue weighted by Crippen LogP contribution is 2.23. The first-order valence-electron chi connectivity index (χ1n) is 8.73. The molecule has 2 aromatic carbocycles. The van der Waals surface area contributed by atoms with Crippen LogP contribution >= 0.6 is 11.6 Å². The van der Waals surface area contributed by atoms with Crippen LogP contribution in [0, 0.1) is 0 Å². The Kier molecular flexibility index (Phi) is 6.19. The molecule has 0 spiro atoms. The second-order valence-corrected chi connectivity index (χ2v) is 6.85. The first-order valence-corrected chi connectivity index (χ1v) is 9.11. The molecule has 1 aromatic heterocycles. The van der Waals surface area contributed by atoms with Crippen LogP contribution in [0.2, 0.25) is 5.02 Å². The summed E-state index contributed by atoms with van der Waals surface area (Å²) in [5, 5.41) is 13.1. The average Bonchev–Trinajstić information content (AvgIpc) is 2.68. The van der Waals surface area contributed by atoms with E-state index in [9.17, 15) is 19.5 Å². The lowest BCUT2D eigenvalue weighted by atomic mass is 10.0. The molecule has 0 radical (unpaired) electrons. The Morgan fingerprint density at radius 2 is 1.90 bits per heavy atom. The second kappa shape index (κ2) is 8.79. The van der Waals surface area contributed by atoms with Crippen LogP contribution in [0.5, 0.6) is 5.75 Å². The van der Waals surface area contributed by atoms with Crippen molar-refractivity contribution in [3.05, 3.63) is 75.1 Å². The second-order valence-electron chi connectivity index (χ2n) is 6.42. The number of nitrogens with one attached hydrogen (secondary N) is 1. The number of carboxylic acid groups (broad SMARTS) is 1. The maximum atomic E-state index is 12.5. The van der Waals surface area contributed by atoms with E-state index >= 15 is 0 Å². The lowest BCUT2D eigenvalue weighted by molar-refractivity contribution is -0.141. The van der Waals surface area contributed by atoms with Gasteiger partial charge < -0.3 is 19.6 Å². The normalized spacial score (nSPS) is 11.8. The summed E-state index contributed by atoms with van der Waals surface area (Å²) in [4.78, 5) is 35.9. The van der Waals surface area contributed by atoms with E-state index in [0.29, 0.717) is 21.7 Å². The van der Waals surface area contributed by atoms with Crippen molar-refractivity contribution in [3.8, 4) is 5.75 Å². The number of carboxylic acids is 1. The minimum absolute atomic E-state index is 0.104. The maximum Gasteiger partial charge on any atom is 0.336 e. The molecule has 1 amide bonds. The van der Waals surface area contributed by atoms with Crippen LogP contribution < -0.4 is 15.7 Å². The molecule has 29 heavy (non-hydrogen) atoms. The molecule has 0 bridgehead atoms. The average molecular weight is 416 g/mol. The SMILES string of the molecule is COc1ccc2c(CC(=O)N[C@H](Cc3ccc(Cl)cc3)C(=O)O)cc(=O)oc2c1. The van der Waals surface area contributed by atoms with Gasteiger partial charge in [0.25, 0.3) is 0 Å². The molecule has 0 fully saturated rings. The summed E-state index contributed by atoms with van der Waals surface area (Å²) >= 11 is 5.84. The number of ether oxygens (including phenoxy) is 1. The first kappa shape index (κ1) is 20.4. The Bertz CT molecular complexity index is 1110. The number of fused-ring (bicyclic) bond motifs is 1. The standard InChI is InChI=1S/C21H18ClNO6/c1-28-15-6-7-16-13(10-20(25)29-18(16)11-15)9-19(24)23-17(21(26)27)8-12-2-4-14(22)5-3-12/h2-7,10-11,17H,8-9H2,1H3,(H,23,24)(H,26,27)/t17-/m1/s1. The summed E-state index contributed by atoms with van der Waals surface area (Å²) in [5.41, 5.74) is 0.840. The van der Waals surface area contributed by atoms with E-state index in [1.54, 1.807) is 42.5 Å². The number of rotatable bonds is 7. The quantitative estimate of drug-likeness (QED) is 0.575. The van der Waals surface area contributed by atoms with Crippen molar-refractivity contribution in [2.24, 2.45) is 0 Å². The molecule has 7 nitrogen and oxygen atoms in total. The zero-order chi connectivity index (χ0) is 21.0. The van der Waals surface area contributed by atoms with Gasteiger partial charge in [-0.25, -0.2) is 9.59 Å². The van der Waals surface area contributed by atoms with Crippen LogP contribution in [0.15, 0.2) is 57.7 Å². The summed E-state index contributed by atoms with van der Waals surface area (Å²) in [5.74, 6) is -1.17. The van der Waals surface area contributed by atoms with Crippen molar-refractivity contribution < 1.29 is 23.8 Å². The van der Waals surface area contributed by atoms with Gasteiger partial charge in [0.15, 0.2) is 0 Å². The highest BCUT2D eigenvalue weighted by molar-refractivity contribution is 6.30. The smallest absolute Gasteiger partial charge is 0.336 e. The van der Waals surface area contributed by atoms with Crippen molar-refractivity contribution in [2.45, 2.75) is 18.9 Å². The van der Waals surface area contributed by atoms with Crippen molar-refractivity contribution in [1.29, 1.82) is 0 Å². The van der Waals surface area contributed by atoms with Gasteiger partial charge in [-0.2, -0.15) is 0 Å². The predicted octanol–water partition coefficient (Wildman–Crippen LogP) is 2.81. The fraction of sp³-hybridized carbons (Fsp3) is 0.190. The van der Waals surface area contributed by atoms with Gasteiger partial charge in [0.1, 0.15) is 17.4 Å². The Morgan fingerprint density at radius 3 is 2.55 bits per heavy atom. The third-order valence-corrected chi connectivity index (χ3v) is 4.63. The van der Waals surface area contributed by atoms with Gasteiger partial charge in [-0.3, -0.25) is 4.79 Å². The van der Waals surface area contributed by atoms with Gasteiger partial charge in [-0.15, -0.1) is 0 Å². The van der Waals surface area contributed by atoms with Gasteiger partial charge in [-0.05, 0) is 35.4 Å². The summed E-state index contributed by atoms with van der Waals surface area (Å²) in [6, 6.07) is 11.7. The number of halogens is 1. The van der Waals surface area contributed by atoms with Crippen molar-refractivity contribution in [2.75, 3.05) is 7.11 Å². The minimum atomic E-state index is -1.16. The van der Waals surface area contributed by atoms with Crippen molar-refractivity contribution >= 4 is 34.4 Å². The number of benzene rings is 2. The molecule has 0 aliphatic carbocycles. The predicted molar refractivity (Wildman–Crippen MR) is 107 cm³/mol. The van der Waals surface area contributed by atoms with Gasteiger partial charge >= 0.3 is 11.6 Å². The highest BCUT2D eigenvalue weighted by Gasteiger charge is 2.21. The van der Waals surface area contributed by atoms with E-state index in [4.69, 9.17) is 20.8 Å². The van der Waals surface area contributed by atoms with E-state index in [1.165, 1.54) is 13.2 Å². The van der Waals surface area contributed by atoms with E-state index in [-0.39, 0.29) is 18.4 Å². The lowest BCUT2D eigenvalue weighted by Gasteiger charge is -2.15. The molecule has 0 saturated carbocycles. The molecule has 0 unspecified atom stereocenters. The zero-order valence-electron chi connectivity index (χ0n) is 15.5. The van der Waals surface area contributed by atoms with E-state index in [1.807, 2.05) is 0 Å². The highest BCUT2D eigenvalue weighted by atomic mass is 35.5. The minimum Gasteiger partial charge on any atom is -0.497 e. The number of methoxy groups -OCH3 is 1. The summed E-state index contributed by atoms with van der Waals surface area (Å²) in [6.45, 7) is 0. The fourth-order valence-corrected chi connectivity index (χ4v) is 3.08. The van der Waals surface area contributed by atoms with Crippen LogP contribution in [-0.2, 0) is 22.4 Å². The number of hydrogen-bond acceptors (Lipinski definition) is 5. The molecule has 3 aromatic rings. The van der Waals surface area contributed by atoms with Gasteiger partial charge in [0, 0.05) is 29.0 Å². The third kappa shape index (κ3) is 5.14. The van der Waals surface area contributed by atoms with Crippen LogP contribution in [0.3, 0.4) is 0 Å². The van der Waals surface area contributed by atoms with Crippen molar-refractivity contribution in [1.82, 2.24) is 5.32 Å². The van der Waals surface area contributed by atoms with Crippen LogP contribution in [-0.4, -0.2) is 30.1 Å². The Balaban J connectivity index is 1.78. The molecule has 1 atom stereocenters. The Labute approximate surface area is 170 Å². The molecule has 1 heterocycles. The molecule has 8 heteroatoms. The van der Waals surface area contributed by atoms with E-state index in [2.05, 4.69) is 5.32 Å². The van der Waals surface area contributed by atoms with E-state index < -0.39 is 23.5 Å². The van der Waals surface area contributed by atoms with Gasteiger partial charge in [0.05, 0.1) is 13.5 Å². The van der Waals surface area contributed by atoms with Crippen LogP contribution in [0.4, 0.5) is 0 Å². The number of hydrogen-bond donors (Lipinski definition) is 2. The topological polar surface area (TPSA) is 106 Å². The Morgan fingerprint density at radius 1 is 1.17 bits per heavy atom. The van der Waals surface area contributed by atoms with Gasteiger partial charge in [-0.1, -0.05) is 23.7 Å². The molecule has 0 saturated heterocycles. The fourth-order valence-electron chi connectivity index (χ4n) is 2.96. The largest absolute Gasteiger partial charge is 0.497 e. The van der Waals surface area contributed by atoms with Crippen molar-refractivity contribution in [3.63, 3.8) is 0 Å². The molecule has 2 N–H and O–H groups in total. The molecule has 3 rings (SSSR count). The van der Waals surface area contributed by atoms with Gasteiger partial charge in [0.2, 0.25) is 5.91 Å². The molecule has 150 valence electrons. The first-order chi connectivity index (χ1) is 13.9. The number of aliphatic carboxylic acids is 1. The molecule has 0 aliphatic heterocycles. The monoisotopic (exact) mass is 415 g/mol. The third-order valence-electron chi connectivity index (χ3n) is 4.37. The molecule has 0 aliphatic rings. The number of carbonyl (C=O) groups is 2. The summed E-state index contributed by atoms with van der Waals surface area (Å²) < 4.78 is 10.3. The number of carbonyl (C=O) groups excluding carboxylic acids is 1. The summed E-state index contributed by atoms with van der Waals surface area (Å²) in [6.07, 6.45) is -0.0635. The summed E-state index contributed by atoms with van der Waals surface area (Å²) in [7, 11) is 1.49.